The van der Waals surface area contributed by atoms with Gasteiger partial charge in [-0.25, -0.2) is 17.6 Å². The first kappa shape index (κ1) is 17.9. The molecule has 4 rings (SSSR count). The number of sulfonamides is 1. The van der Waals surface area contributed by atoms with Gasteiger partial charge in [0.2, 0.25) is 0 Å². The van der Waals surface area contributed by atoms with Crippen molar-refractivity contribution in [3.05, 3.63) is 88.9 Å². The van der Waals surface area contributed by atoms with Gasteiger partial charge in [0.05, 0.1) is 22.6 Å². The van der Waals surface area contributed by atoms with Crippen LogP contribution in [0.3, 0.4) is 0 Å². The van der Waals surface area contributed by atoms with E-state index in [1.807, 2.05) is 0 Å². The molecule has 1 N–H and O–H groups in total. The minimum Gasteiger partial charge on any atom is -0.408 e. The number of aromatic amines is 1. The number of rotatable bonds is 5. The lowest BCUT2D eigenvalue weighted by atomic mass is 10.2. The zero-order valence-electron chi connectivity index (χ0n) is 14.4. The molecule has 0 aliphatic heterocycles. The molecular formula is C19H14FN3O4S. The van der Waals surface area contributed by atoms with E-state index < -0.39 is 21.6 Å². The number of aromatic nitrogens is 2. The summed E-state index contributed by atoms with van der Waals surface area (Å²) in [6, 6.07) is 12.7. The molecule has 142 valence electrons. The largest absolute Gasteiger partial charge is 0.417 e. The summed E-state index contributed by atoms with van der Waals surface area (Å²) < 4.78 is 46.2. The number of pyridine rings is 1. The summed E-state index contributed by atoms with van der Waals surface area (Å²) in [6.45, 7) is -0.00305. The normalized spacial score (nSPS) is 11.6. The Morgan fingerprint density at radius 1 is 1.11 bits per heavy atom. The molecule has 0 aliphatic carbocycles. The van der Waals surface area contributed by atoms with Crippen LogP contribution in [0.4, 0.5) is 10.1 Å². The van der Waals surface area contributed by atoms with E-state index in [1.54, 1.807) is 24.5 Å². The third-order valence-corrected chi connectivity index (χ3v) is 5.91. The first-order valence-electron chi connectivity index (χ1n) is 8.23. The molecule has 4 aromatic rings. The number of H-pyrrole nitrogens is 1. The van der Waals surface area contributed by atoms with Gasteiger partial charge in [0.15, 0.2) is 5.58 Å². The fraction of sp³-hybridized carbons (Fsp3) is 0.0526. The molecule has 0 fully saturated rings. The topological polar surface area (TPSA) is 96.3 Å². The van der Waals surface area contributed by atoms with Gasteiger partial charge in [-0.2, -0.15) is 0 Å². The summed E-state index contributed by atoms with van der Waals surface area (Å²) in [6.07, 6.45) is 3.14. The quantitative estimate of drug-likeness (QED) is 0.556. The van der Waals surface area contributed by atoms with Gasteiger partial charge in [-0.15, -0.1) is 0 Å². The van der Waals surface area contributed by atoms with Gasteiger partial charge in [-0.3, -0.25) is 14.3 Å². The first-order chi connectivity index (χ1) is 13.4. The Kier molecular flexibility index (Phi) is 4.44. The summed E-state index contributed by atoms with van der Waals surface area (Å²) in [5, 5.41) is 0. The zero-order valence-corrected chi connectivity index (χ0v) is 15.2. The molecule has 2 aromatic carbocycles. The van der Waals surface area contributed by atoms with Gasteiger partial charge in [0.1, 0.15) is 5.82 Å². The van der Waals surface area contributed by atoms with Gasteiger partial charge < -0.3 is 4.42 Å². The highest BCUT2D eigenvalue weighted by Gasteiger charge is 2.26. The zero-order chi connectivity index (χ0) is 19.7. The van der Waals surface area contributed by atoms with Crippen LogP contribution in [0.5, 0.6) is 0 Å². The second-order valence-corrected chi connectivity index (χ2v) is 7.88. The number of benzene rings is 2. The molecule has 2 heterocycles. The van der Waals surface area contributed by atoms with Crippen molar-refractivity contribution < 1.29 is 17.2 Å². The maximum Gasteiger partial charge on any atom is 0.417 e. The van der Waals surface area contributed by atoms with Crippen LogP contribution in [0.2, 0.25) is 0 Å². The number of nitrogens with one attached hydrogen (secondary N) is 1. The van der Waals surface area contributed by atoms with E-state index in [-0.39, 0.29) is 17.0 Å². The summed E-state index contributed by atoms with van der Waals surface area (Å²) in [4.78, 5) is 17.8. The molecule has 7 nitrogen and oxygen atoms in total. The molecule has 9 heteroatoms. The van der Waals surface area contributed by atoms with Crippen molar-refractivity contribution in [1.82, 2.24) is 9.97 Å². The van der Waals surface area contributed by atoms with Gasteiger partial charge in [-0.1, -0.05) is 6.07 Å². The number of hydrogen-bond donors (Lipinski definition) is 1. The van der Waals surface area contributed by atoms with Crippen LogP contribution in [-0.4, -0.2) is 18.4 Å². The van der Waals surface area contributed by atoms with Gasteiger partial charge >= 0.3 is 5.76 Å². The Bertz CT molecular complexity index is 1280. The summed E-state index contributed by atoms with van der Waals surface area (Å²) in [7, 11) is -4.04. The van der Waals surface area contributed by atoms with Crippen molar-refractivity contribution in [1.29, 1.82) is 0 Å². The van der Waals surface area contributed by atoms with Crippen LogP contribution in [0.1, 0.15) is 5.56 Å². The number of oxazole rings is 1. The lowest BCUT2D eigenvalue weighted by Crippen LogP contribution is -2.30. The number of nitrogens with zero attached hydrogens (tertiary/aromatic N) is 2. The molecule has 0 saturated heterocycles. The fourth-order valence-corrected chi connectivity index (χ4v) is 4.26. The Morgan fingerprint density at radius 3 is 2.61 bits per heavy atom. The summed E-state index contributed by atoms with van der Waals surface area (Å²) >= 11 is 0. The molecule has 0 unspecified atom stereocenters. The molecule has 28 heavy (non-hydrogen) atoms. The van der Waals surface area contributed by atoms with Crippen LogP contribution in [0.25, 0.3) is 11.1 Å². The summed E-state index contributed by atoms with van der Waals surface area (Å²) in [5.41, 5.74) is 1.47. The highest BCUT2D eigenvalue weighted by Crippen LogP contribution is 2.27. The van der Waals surface area contributed by atoms with Crippen LogP contribution >= 0.6 is 0 Å². The maximum atomic E-state index is 13.4. The maximum absolute atomic E-state index is 13.4. The van der Waals surface area contributed by atoms with Crippen LogP contribution in [-0.2, 0) is 16.6 Å². The number of anilines is 1. The molecular weight excluding hydrogens is 385 g/mol. The van der Waals surface area contributed by atoms with E-state index in [2.05, 4.69) is 9.97 Å². The van der Waals surface area contributed by atoms with Crippen LogP contribution < -0.4 is 10.1 Å². The molecule has 0 bridgehead atoms. The van der Waals surface area contributed by atoms with Gasteiger partial charge in [0, 0.05) is 18.5 Å². The third-order valence-electron chi connectivity index (χ3n) is 4.14. The fourth-order valence-electron chi connectivity index (χ4n) is 2.79. The molecule has 0 atom stereocenters. The minimum atomic E-state index is -4.04. The smallest absolute Gasteiger partial charge is 0.408 e. The number of hydrogen-bond acceptors (Lipinski definition) is 5. The highest BCUT2D eigenvalue weighted by atomic mass is 32.2. The Hall–Kier alpha value is -3.46. The summed E-state index contributed by atoms with van der Waals surface area (Å²) in [5.74, 6) is -1.15. The molecule has 2 aromatic heterocycles. The molecule has 0 radical (unpaired) electrons. The Labute approximate surface area is 159 Å². The predicted octanol–water partition coefficient (Wildman–Crippen LogP) is 3.05. The van der Waals surface area contributed by atoms with Crippen molar-refractivity contribution in [2.45, 2.75) is 11.4 Å². The van der Waals surface area contributed by atoms with Crippen molar-refractivity contribution >= 4 is 26.8 Å². The molecule has 0 aliphatic rings. The second kappa shape index (κ2) is 6.93. The van der Waals surface area contributed by atoms with Gasteiger partial charge in [-0.05, 0) is 48.0 Å². The van der Waals surface area contributed by atoms with Crippen LogP contribution in [0, 0.1) is 5.82 Å². The standard InChI is InChI=1S/C19H14FN3O4S/c20-14-3-5-15(6-4-14)23(12-13-2-1-9-21-11-13)28(25,26)16-7-8-17-18(10-16)27-19(24)22-17/h1-11H,12H2,(H,22,24). The van der Waals surface area contributed by atoms with E-state index >= 15 is 0 Å². The highest BCUT2D eigenvalue weighted by molar-refractivity contribution is 7.92. The monoisotopic (exact) mass is 399 g/mol. The van der Waals surface area contributed by atoms with Gasteiger partial charge in [0.25, 0.3) is 10.0 Å². The number of halogens is 1. The van der Waals surface area contributed by atoms with Crippen molar-refractivity contribution in [3.8, 4) is 0 Å². The Balaban J connectivity index is 1.82. The average Bonchev–Trinajstić information content (AvgIpc) is 3.07. The van der Waals surface area contributed by atoms with Crippen LogP contribution in [0.15, 0.2) is 81.1 Å². The van der Waals surface area contributed by atoms with Crippen molar-refractivity contribution in [2.75, 3.05) is 4.31 Å². The lowest BCUT2D eigenvalue weighted by Gasteiger charge is -2.24. The third kappa shape index (κ3) is 3.39. The SMILES string of the molecule is O=c1[nH]c2ccc(S(=O)(=O)N(Cc3cccnc3)c3ccc(F)cc3)cc2o1. The molecule has 0 saturated carbocycles. The first-order valence-corrected chi connectivity index (χ1v) is 9.67. The van der Waals surface area contributed by atoms with E-state index in [0.29, 0.717) is 16.8 Å². The molecule has 0 spiro atoms. The number of fused-ring (bicyclic) bond motifs is 1. The molecule has 0 amide bonds. The Morgan fingerprint density at radius 2 is 1.89 bits per heavy atom. The predicted molar refractivity (Wildman–Crippen MR) is 101 cm³/mol. The van der Waals surface area contributed by atoms with Crippen molar-refractivity contribution in [3.63, 3.8) is 0 Å². The second-order valence-electron chi connectivity index (χ2n) is 6.02. The van der Waals surface area contributed by atoms with E-state index in [4.69, 9.17) is 4.42 Å². The van der Waals surface area contributed by atoms with E-state index in [1.165, 1.54) is 42.5 Å². The minimum absolute atomic E-state index is 0.00305. The van der Waals surface area contributed by atoms with Crippen molar-refractivity contribution in [2.24, 2.45) is 0 Å². The van der Waals surface area contributed by atoms with E-state index in [9.17, 15) is 17.6 Å². The average molecular weight is 399 g/mol. The van der Waals surface area contributed by atoms with E-state index in [0.717, 1.165) is 4.31 Å². The lowest BCUT2D eigenvalue weighted by molar-refractivity contribution is 0.553.